The predicted molar refractivity (Wildman–Crippen MR) is 145 cm³/mol. The van der Waals surface area contributed by atoms with Gasteiger partial charge < -0.3 is 29.5 Å². The quantitative estimate of drug-likeness (QED) is 0.384. The van der Waals surface area contributed by atoms with Gasteiger partial charge in [-0.2, -0.15) is 0 Å². The number of fused-ring (bicyclic) bond motifs is 1. The molecule has 0 aliphatic carbocycles. The van der Waals surface area contributed by atoms with Gasteiger partial charge in [-0.3, -0.25) is 5.32 Å². The van der Waals surface area contributed by atoms with Crippen LogP contribution < -0.4 is 15.4 Å². The molecule has 10 heteroatoms. The van der Waals surface area contributed by atoms with Crippen LogP contribution >= 0.6 is 0 Å². The Balaban J connectivity index is 1.79. The first kappa shape index (κ1) is 29.7. The number of guanidine groups is 1. The second kappa shape index (κ2) is 12.8. The Morgan fingerprint density at radius 3 is 2.42 bits per heavy atom. The summed E-state index contributed by atoms with van der Waals surface area (Å²) in [5, 5.41) is 15.6. The van der Waals surface area contributed by atoms with Crippen molar-refractivity contribution in [2.75, 3.05) is 26.2 Å². The number of rotatable bonds is 5. The monoisotopic (exact) mass is 532 g/mol. The van der Waals surface area contributed by atoms with Crippen LogP contribution in [0.5, 0.6) is 5.75 Å². The topological polar surface area (TPSA) is 122 Å². The predicted octanol–water partition coefficient (Wildman–Crippen LogP) is 3.99. The Kier molecular flexibility index (Phi) is 10.0. The number of benzene rings is 1. The zero-order chi connectivity index (χ0) is 27.9. The van der Waals surface area contributed by atoms with Gasteiger partial charge in [0.15, 0.2) is 0 Å². The molecule has 2 aliphatic heterocycles. The van der Waals surface area contributed by atoms with Crippen LogP contribution in [0, 0.1) is 5.92 Å². The van der Waals surface area contributed by atoms with Gasteiger partial charge in [0.05, 0.1) is 0 Å². The second-order valence-corrected chi connectivity index (χ2v) is 11.9. The van der Waals surface area contributed by atoms with E-state index in [0.717, 1.165) is 37.2 Å². The van der Waals surface area contributed by atoms with E-state index < -0.39 is 23.4 Å². The fraction of sp³-hybridized carbons (Fsp3) is 0.679. The van der Waals surface area contributed by atoms with Crippen molar-refractivity contribution in [1.29, 1.82) is 0 Å². The number of aliphatic hydroxyl groups is 1. The van der Waals surface area contributed by atoms with E-state index in [-0.39, 0.29) is 18.7 Å². The molecular weight excluding hydrogens is 488 g/mol. The Morgan fingerprint density at radius 2 is 1.79 bits per heavy atom. The molecule has 38 heavy (non-hydrogen) atoms. The molecule has 3 N–H and O–H groups in total. The number of aliphatic imine (C=N–C) groups is 1. The van der Waals surface area contributed by atoms with Crippen molar-refractivity contribution < 1.29 is 28.9 Å². The molecule has 10 nitrogen and oxygen atoms in total. The molecule has 1 aromatic carbocycles. The molecule has 0 aromatic heterocycles. The molecule has 2 heterocycles. The lowest BCUT2D eigenvalue weighted by Gasteiger charge is -2.33. The first-order valence-corrected chi connectivity index (χ1v) is 13.5. The number of aliphatic hydroxyl groups excluding tert-OH is 1. The van der Waals surface area contributed by atoms with Crippen LogP contribution in [0.4, 0.5) is 9.59 Å². The number of carbonyl (C=O) groups is 2. The van der Waals surface area contributed by atoms with Crippen molar-refractivity contribution in [3.63, 3.8) is 0 Å². The molecule has 0 bridgehead atoms. The summed E-state index contributed by atoms with van der Waals surface area (Å²) in [5.74, 6) is 1.22. The lowest BCUT2D eigenvalue weighted by Crippen LogP contribution is -2.48. The van der Waals surface area contributed by atoms with Crippen LogP contribution in [0.3, 0.4) is 0 Å². The zero-order valence-electron chi connectivity index (χ0n) is 23.6. The lowest BCUT2D eigenvalue weighted by molar-refractivity contribution is 0.0553. The maximum atomic E-state index is 12.6. The lowest BCUT2D eigenvalue weighted by atomic mass is 9.90. The molecule has 1 aromatic rings. The molecule has 1 unspecified atom stereocenters. The average Bonchev–Trinajstić information content (AvgIpc) is 2.81. The third kappa shape index (κ3) is 9.47. The van der Waals surface area contributed by atoms with E-state index in [4.69, 9.17) is 14.2 Å². The highest BCUT2D eigenvalue weighted by Crippen LogP contribution is 2.28. The van der Waals surface area contributed by atoms with E-state index in [1.807, 2.05) is 17.0 Å². The number of carbonyl (C=O) groups excluding carboxylic acids is 2. The second-order valence-electron chi connectivity index (χ2n) is 11.9. The van der Waals surface area contributed by atoms with Gasteiger partial charge in [-0.25, -0.2) is 9.59 Å². The molecular formula is C28H44N4O6. The number of hydrogen-bond acceptors (Lipinski definition) is 7. The summed E-state index contributed by atoms with van der Waals surface area (Å²) < 4.78 is 17.2. The number of hydrogen-bond donors (Lipinski definition) is 3. The van der Waals surface area contributed by atoms with Gasteiger partial charge in [-0.1, -0.05) is 6.07 Å². The van der Waals surface area contributed by atoms with Crippen LogP contribution in [-0.2, 0) is 22.4 Å². The third-order valence-electron chi connectivity index (χ3n) is 6.30. The van der Waals surface area contributed by atoms with Crippen LogP contribution in [0.2, 0.25) is 0 Å². The largest absolute Gasteiger partial charge is 0.490 e. The summed E-state index contributed by atoms with van der Waals surface area (Å²) in [6.07, 6.45) is 1.77. The third-order valence-corrected chi connectivity index (χ3v) is 6.30. The summed E-state index contributed by atoms with van der Waals surface area (Å²) in [7, 11) is 0. The number of ether oxygens (including phenoxy) is 3. The van der Waals surface area contributed by atoms with Crippen molar-refractivity contribution in [1.82, 2.24) is 15.5 Å². The van der Waals surface area contributed by atoms with Crippen molar-refractivity contribution >= 4 is 18.1 Å². The Bertz CT molecular complexity index is 992. The number of piperidine rings is 1. The average molecular weight is 533 g/mol. The fourth-order valence-electron chi connectivity index (χ4n) is 4.64. The number of amides is 2. The van der Waals surface area contributed by atoms with E-state index in [1.54, 1.807) is 41.5 Å². The van der Waals surface area contributed by atoms with Gasteiger partial charge in [-0.05, 0) is 103 Å². The number of alkyl carbamates (subject to hydrolysis) is 1. The van der Waals surface area contributed by atoms with E-state index in [1.165, 1.54) is 5.56 Å². The summed E-state index contributed by atoms with van der Waals surface area (Å²) >= 11 is 0. The first-order chi connectivity index (χ1) is 17.8. The van der Waals surface area contributed by atoms with Gasteiger partial charge in [0, 0.05) is 26.1 Å². The standard InChI is InChI=1S/C28H44N4O6/c1-27(2,3)37-25(34)30-24(31-26(35)38-28(4,5)6)32-15-11-19-7-8-22(17-21(19)18-32)36-23(12-16-33)20-9-13-29-14-10-20/h7-8,17,20,23,29,33H,9-16,18H2,1-6H3,(H,30,31,34,35). The highest BCUT2D eigenvalue weighted by Gasteiger charge is 2.28. The summed E-state index contributed by atoms with van der Waals surface area (Å²) in [5.41, 5.74) is 0.756. The molecule has 2 aliphatic rings. The number of nitrogens with one attached hydrogen (secondary N) is 2. The van der Waals surface area contributed by atoms with E-state index in [0.29, 0.717) is 31.8 Å². The highest BCUT2D eigenvalue weighted by atomic mass is 16.6. The molecule has 1 atom stereocenters. The number of nitrogens with zero attached hydrogens (tertiary/aromatic N) is 2. The Hall–Kier alpha value is -2.85. The molecule has 0 saturated carbocycles. The molecule has 1 fully saturated rings. The van der Waals surface area contributed by atoms with E-state index >= 15 is 0 Å². The van der Waals surface area contributed by atoms with E-state index in [9.17, 15) is 14.7 Å². The van der Waals surface area contributed by atoms with Gasteiger partial charge in [0.1, 0.15) is 23.1 Å². The molecule has 0 spiro atoms. The van der Waals surface area contributed by atoms with Gasteiger partial charge in [0.2, 0.25) is 5.96 Å². The van der Waals surface area contributed by atoms with Crippen LogP contribution in [0.15, 0.2) is 23.2 Å². The minimum atomic E-state index is -0.791. The van der Waals surface area contributed by atoms with Gasteiger partial charge >= 0.3 is 12.2 Å². The fourth-order valence-corrected chi connectivity index (χ4v) is 4.64. The summed E-state index contributed by atoms with van der Waals surface area (Å²) in [6, 6.07) is 6.05. The Morgan fingerprint density at radius 1 is 1.11 bits per heavy atom. The normalized spacial score (nSPS) is 17.9. The van der Waals surface area contributed by atoms with Gasteiger partial charge in [0.25, 0.3) is 0 Å². The summed E-state index contributed by atoms with van der Waals surface area (Å²) in [6.45, 7) is 13.5. The van der Waals surface area contributed by atoms with Crippen LogP contribution in [0.25, 0.3) is 0 Å². The maximum Gasteiger partial charge on any atom is 0.437 e. The molecule has 3 rings (SSSR count). The van der Waals surface area contributed by atoms with Crippen molar-refractivity contribution in [3.05, 3.63) is 29.3 Å². The van der Waals surface area contributed by atoms with Crippen molar-refractivity contribution in [2.45, 2.75) is 91.1 Å². The molecule has 0 radical (unpaired) electrons. The highest BCUT2D eigenvalue weighted by molar-refractivity contribution is 5.99. The first-order valence-electron chi connectivity index (χ1n) is 13.5. The molecule has 212 valence electrons. The minimum absolute atomic E-state index is 0.0574. The minimum Gasteiger partial charge on any atom is -0.490 e. The SMILES string of the molecule is CC(C)(C)OC(=O)N=C(NC(=O)OC(C)(C)C)N1CCc2ccc(OC(CCO)C3CCNCC3)cc2C1. The molecule has 2 amide bonds. The van der Waals surface area contributed by atoms with Crippen LogP contribution in [-0.4, -0.2) is 71.7 Å². The van der Waals surface area contributed by atoms with Gasteiger partial charge in [-0.15, -0.1) is 4.99 Å². The van der Waals surface area contributed by atoms with Crippen molar-refractivity contribution in [2.24, 2.45) is 10.9 Å². The summed E-state index contributed by atoms with van der Waals surface area (Å²) in [4.78, 5) is 31.0. The van der Waals surface area contributed by atoms with Crippen molar-refractivity contribution in [3.8, 4) is 5.75 Å². The Labute approximate surface area is 226 Å². The van der Waals surface area contributed by atoms with Crippen LogP contribution in [0.1, 0.15) is 71.9 Å². The van der Waals surface area contributed by atoms with E-state index in [2.05, 4.69) is 21.7 Å². The zero-order valence-corrected chi connectivity index (χ0v) is 23.6. The maximum absolute atomic E-state index is 12.6. The molecule has 1 saturated heterocycles. The smallest absolute Gasteiger partial charge is 0.437 e.